The minimum absolute atomic E-state index is 0.114. The highest BCUT2D eigenvalue weighted by Crippen LogP contribution is 2.19. The summed E-state index contributed by atoms with van der Waals surface area (Å²) in [6.45, 7) is 5.68. The minimum atomic E-state index is -3.63. The summed E-state index contributed by atoms with van der Waals surface area (Å²) in [6.07, 6.45) is 1.37. The Bertz CT molecular complexity index is 467. The number of halogens is 1. The van der Waals surface area contributed by atoms with Crippen molar-refractivity contribution < 1.29 is 8.42 Å². The first kappa shape index (κ1) is 13.5. The van der Waals surface area contributed by atoms with E-state index >= 15 is 0 Å². The van der Waals surface area contributed by atoms with Gasteiger partial charge < -0.3 is 4.57 Å². The molecule has 1 N–H and O–H groups in total. The van der Waals surface area contributed by atoms with Crippen LogP contribution < -0.4 is 4.72 Å². The number of hydrogen-bond donors (Lipinski definition) is 1. The van der Waals surface area contributed by atoms with Gasteiger partial charge in [0, 0.05) is 13.1 Å². The van der Waals surface area contributed by atoms with E-state index in [1.807, 2.05) is 13.8 Å². The van der Waals surface area contributed by atoms with Gasteiger partial charge in [-0.1, -0.05) is 25.4 Å². The lowest BCUT2D eigenvalue weighted by Crippen LogP contribution is -2.36. The molecule has 1 aromatic heterocycles. The molecular weight excluding hydrogens is 250 g/mol. The maximum absolute atomic E-state index is 11.9. The Morgan fingerprint density at radius 1 is 1.44 bits per heavy atom. The van der Waals surface area contributed by atoms with Crippen LogP contribution in [0.1, 0.15) is 20.8 Å². The molecule has 0 aromatic carbocycles. The molecule has 1 atom stereocenters. The molecule has 16 heavy (non-hydrogen) atoms. The quantitative estimate of drug-likeness (QED) is 0.895. The van der Waals surface area contributed by atoms with Gasteiger partial charge in [0.2, 0.25) is 5.03 Å². The van der Waals surface area contributed by atoms with Crippen molar-refractivity contribution in [3.8, 4) is 0 Å². The number of rotatable bonds is 4. The molecule has 0 amide bonds. The number of hydrogen-bond acceptors (Lipinski definition) is 3. The van der Waals surface area contributed by atoms with Crippen LogP contribution in [0, 0.1) is 5.92 Å². The van der Waals surface area contributed by atoms with Gasteiger partial charge >= 0.3 is 0 Å². The standard InChI is InChI=1S/C9H16ClN3O2S/c1-6(2)7(3)12-16(14,15)9-8(10)13(4)5-11-9/h5-7,12H,1-4H3. The predicted molar refractivity (Wildman–Crippen MR) is 62.8 cm³/mol. The lowest BCUT2D eigenvalue weighted by Gasteiger charge is -2.16. The van der Waals surface area contributed by atoms with Crippen LogP contribution in [0.25, 0.3) is 0 Å². The van der Waals surface area contributed by atoms with E-state index in [0.29, 0.717) is 0 Å². The van der Waals surface area contributed by atoms with Crippen LogP contribution in [0.2, 0.25) is 5.15 Å². The monoisotopic (exact) mass is 265 g/mol. The third-order valence-electron chi connectivity index (χ3n) is 2.43. The Morgan fingerprint density at radius 3 is 2.38 bits per heavy atom. The van der Waals surface area contributed by atoms with E-state index in [2.05, 4.69) is 9.71 Å². The Labute approximate surface area is 101 Å². The third kappa shape index (κ3) is 2.75. The van der Waals surface area contributed by atoms with Crippen molar-refractivity contribution in [1.82, 2.24) is 14.3 Å². The van der Waals surface area contributed by atoms with Gasteiger partial charge in [0.25, 0.3) is 10.0 Å². The largest absolute Gasteiger partial charge is 0.324 e. The van der Waals surface area contributed by atoms with Crippen molar-refractivity contribution in [2.75, 3.05) is 0 Å². The molecule has 0 aliphatic rings. The minimum Gasteiger partial charge on any atom is -0.324 e. The fourth-order valence-electron chi connectivity index (χ4n) is 1.01. The molecule has 7 heteroatoms. The van der Waals surface area contributed by atoms with E-state index < -0.39 is 10.0 Å². The highest BCUT2D eigenvalue weighted by molar-refractivity contribution is 7.89. The molecule has 0 saturated heterocycles. The molecule has 0 bridgehead atoms. The summed E-state index contributed by atoms with van der Waals surface area (Å²) in [5.74, 6) is 0.206. The SMILES string of the molecule is CC(C)C(C)NS(=O)(=O)c1ncn(C)c1Cl. The first-order chi connectivity index (χ1) is 7.25. The number of aryl methyl sites for hydroxylation is 1. The van der Waals surface area contributed by atoms with Crippen LogP contribution in [0.3, 0.4) is 0 Å². The maximum Gasteiger partial charge on any atom is 0.261 e. The second-order valence-electron chi connectivity index (χ2n) is 4.11. The van der Waals surface area contributed by atoms with Gasteiger partial charge in [-0.3, -0.25) is 0 Å². The van der Waals surface area contributed by atoms with Crippen LogP contribution in [0.4, 0.5) is 0 Å². The van der Waals surface area contributed by atoms with Gasteiger partial charge in [-0.15, -0.1) is 0 Å². The number of sulfonamides is 1. The van der Waals surface area contributed by atoms with E-state index in [-0.39, 0.29) is 22.1 Å². The van der Waals surface area contributed by atoms with Gasteiger partial charge in [0.15, 0.2) is 0 Å². The molecule has 1 rings (SSSR count). The smallest absolute Gasteiger partial charge is 0.261 e. The summed E-state index contributed by atoms with van der Waals surface area (Å²) in [7, 11) is -1.99. The van der Waals surface area contributed by atoms with Crippen molar-refractivity contribution in [2.24, 2.45) is 13.0 Å². The molecule has 0 saturated carbocycles. The molecular formula is C9H16ClN3O2S. The highest BCUT2D eigenvalue weighted by Gasteiger charge is 2.24. The van der Waals surface area contributed by atoms with Crippen molar-refractivity contribution in [1.29, 1.82) is 0 Å². The summed E-state index contributed by atoms with van der Waals surface area (Å²) in [5, 5.41) is -0.00683. The number of imidazole rings is 1. The zero-order valence-electron chi connectivity index (χ0n) is 9.73. The topological polar surface area (TPSA) is 64.0 Å². The Hall–Kier alpha value is -0.590. The van der Waals surface area contributed by atoms with Gasteiger partial charge in [0.1, 0.15) is 5.15 Å². The predicted octanol–water partition coefficient (Wildman–Crippen LogP) is 1.40. The summed E-state index contributed by atoms with van der Waals surface area (Å²) in [4.78, 5) is 3.78. The fraction of sp³-hybridized carbons (Fsp3) is 0.667. The number of nitrogens with one attached hydrogen (secondary N) is 1. The molecule has 0 aliphatic heterocycles. The molecule has 1 aromatic rings. The van der Waals surface area contributed by atoms with Crippen molar-refractivity contribution in [2.45, 2.75) is 31.8 Å². The van der Waals surface area contributed by atoms with Crippen LogP contribution in [0.15, 0.2) is 11.4 Å². The molecule has 92 valence electrons. The van der Waals surface area contributed by atoms with Gasteiger partial charge in [-0.2, -0.15) is 0 Å². The molecule has 0 radical (unpaired) electrons. The summed E-state index contributed by atoms with van der Waals surface area (Å²) in [5.41, 5.74) is 0. The Kier molecular flexibility index (Phi) is 3.98. The van der Waals surface area contributed by atoms with Crippen LogP contribution in [-0.4, -0.2) is 24.0 Å². The van der Waals surface area contributed by atoms with Gasteiger partial charge in [-0.25, -0.2) is 18.1 Å². The van der Waals surface area contributed by atoms with Crippen LogP contribution >= 0.6 is 11.6 Å². The van der Waals surface area contributed by atoms with Crippen molar-refractivity contribution in [3.05, 3.63) is 11.5 Å². The first-order valence-electron chi connectivity index (χ1n) is 4.95. The average Bonchev–Trinajstić information content (AvgIpc) is 2.47. The number of nitrogens with zero attached hydrogens (tertiary/aromatic N) is 2. The molecule has 5 nitrogen and oxygen atoms in total. The second kappa shape index (κ2) is 4.73. The highest BCUT2D eigenvalue weighted by atomic mass is 35.5. The van der Waals surface area contributed by atoms with Crippen molar-refractivity contribution >= 4 is 21.6 Å². The van der Waals surface area contributed by atoms with E-state index in [0.717, 1.165) is 0 Å². The molecule has 1 unspecified atom stereocenters. The van der Waals surface area contributed by atoms with E-state index in [1.54, 1.807) is 14.0 Å². The van der Waals surface area contributed by atoms with E-state index in [1.165, 1.54) is 10.9 Å². The molecule has 0 spiro atoms. The molecule has 1 heterocycles. The average molecular weight is 266 g/mol. The zero-order valence-corrected chi connectivity index (χ0v) is 11.3. The van der Waals surface area contributed by atoms with Crippen LogP contribution in [0.5, 0.6) is 0 Å². The molecule has 0 fully saturated rings. The fourth-order valence-corrected chi connectivity index (χ4v) is 2.83. The van der Waals surface area contributed by atoms with Crippen LogP contribution in [-0.2, 0) is 17.1 Å². The second-order valence-corrected chi connectivity index (χ2v) is 6.09. The molecule has 0 aliphatic carbocycles. The summed E-state index contributed by atoms with van der Waals surface area (Å²) >= 11 is 5.84. The van der Waals surface area contributed by atoms with E-state index in [9.17, 15) is 8.42 Å². The first-order valence-corrected chi connectivity index (χ1v) is 6.81. The van der Waals surface area contributed by atoms with E-state index in [4.69, 9.17) is 11.6 Å². The van der Waals surface area contributed by atoms with Gasteiger partial charge in [0.05, 0.1) is 6.33 Å². The Morgan fingerprint density at radius 2 is 2.00 bits per heavy atom. The lowest BCUT2D eigenvalue weighted by molar-refractivity contribution is 0.475. The Balaban J connectivity index is 3.00. The summed E-state index contributed by atoms with van der Waals surface area (Å²) in [6, 6.07) is -0.164. The normalized spacial score (nSPS) is 14.4. The van der Waals surface area contributed by atoms with Gasteiger partial charge in [-0.05, 0) is 12.8 Å². The van der Waals surface area contributed by atoms with Crippen molar-refractivity contribution in [3.63, 3.8) is 0 Å². The zero-order chi connectivity index (χ0) is 12.5. The lowest BCUT2D eigenvalue weighted by atomic mass is 10.1. The third-order valence-corrected chi connectivity index (χ3v) is 4.48. The maximum atomic E-state index is 11.9. The number of aromatic nitrogens is 2. The summed E-state index contributed by atoms with van der Waals surface area (Å²) < 4.78 is 27.8.